The first-order valence-corrected chi connectivity index (χ1v) is 11.1. The van der Waals surface area contributed by atoms with Gasteiger partial charge in [-0.15, -0.1) is 0 Å². The summed E-state index contributed by atoms with van der Waals surface area (Å²) in [6.07, 6.45) is 0.830. The molecule has 0 saturated carbocycles. The lowest BCUT2D eigenvalue weighted by molar-refractivity contribution is -0.144. The highest BCUT2D eigenvalue weighted by Crippen LogP contribution is 2.20. The molecule has 0 saturated heterocycles. The zero-order chi connectivity index (χ0) is 23.9. The lowest BCUT2D eigenvalue weighted by atomic mass is 10.1. The Balaban J connectivity index is 1.47. The Kier molecular flexibility index (Phi) is 7.32. The molecule has 0 aliphatic carbocycles. The summed E-state index contributed by atoms with van der Waals surface area (Å²) in [6.45, 7) is 0.384. The highest BCUT2D eigenvalue weighted by Gasteiger charge is 2.14. The molecule has 0 aliphatic heterocycles. The maximum atomic E-state index is 13.5. The van der Waals surface area contributed by atoms with Crippen molar-refractivity contribution in [2.75, 3.05) is 7.11 Å². The Morgan fingerprint density at radius 1 is 1.00 bits per heavy atom. The van der Waals surface area contributed by atoms with E-state index >= 15 is 0 Å². The second-order valence-electron chi connectivity index (χ2n) is 7.86. The molecule has 0 N–H and O–H groups in total. The van der Waals surface area contributed by atoms with Crippen molar-refractivity contribution in [2.45, 2.75) is 32.4 Å². The molecular formula is C27H25FN2O4. The number of aryl methyl sites for hydroxylation is 3. The van der Waals surface area contributed by atoms with E-state index < -0.39 is 11.8 Å². The number of carbonyl (C=O) groups is 1. The molecule has 0 unspecified atom stereocenters. The Labute approximate surface area is 196 Å². The molecule has 174 valence electrons. The third-order valence-electron chi connectivity index (χ3n) is 5.58. The average Bonchev–Trinajstić information content (AvgIpc) is 2.86. The predicted octanol–water partition coefficient (Wildman–Crippen LogP) is 4.46. The lowest BCUT2D eigenvalue weighted by Crippen LogP contribution is -2.27. The van der Waals surface area contributed by atoms with Crippen LogP contribution in [0.15, 0.2) is 77.6 Å². The summed E-state index contributed by atoms with van der Waals surface area (Å²) in [7, 11) is 1.47. The number of benzene rings is 3. The van der Waals surface area contributed by atoms with Gasteiger partial charge in [-0.05, 0) is 42.3 Å². The molecule has 3 aromatic carbocycles. The number of hydrogen-bond acceptors (Lipinski definition) is 5. The number of aromatic nitrogens is 2. The molecule has 4 rings (SSSR count). The molecule has 1 heterocycles. The van der Waals surface area contributed by atoms with Crippen molar-refractivity contribution < 1.29 is 18.7 Å². The van der Waals surface area contributed by atoms with Crippen LogP contribution in [-0.2, 0) is 35.5 Å². The molecule has 0 radical (unpaired) electrons. The number of halogens is 1. The summed E-state index contributed by atoms with van der Waals surface area (Å²) in [5, 5.41) is 0. The van der Waals surface area contributed by atoms with Crippen molar-refractivity contribution in [3.63, 3.8) is 0 Å². The van der Waals surface area contributed by atoms with Crippen LogP contribution in [0.4, 0.5) is 4.39 Å². The van der Waals surface area contributed by atoms with E-state index in [9.17, 15) is 14.0 Å². The van der Waals surface area contributed by atoms with E-state index in [-0.39, 0.29) is 25.0 Å². The van der Waals surface area contributed by atoms with E-state index in [1.165, 1.54) is 25.3 Å². The number of fused-ring (bicyclic) bond motifs is 1. The van der Waals surface area contributed by atoms with Gasteiger partial charge in [0, 0.05) is 18.5 Å². The molecule has 0 bridgehead atoms. The zero-order valence-corrected chi connectivity index (χ0v) is 18.9. The molecule has 6 nitrogen and oxygen atoms in total. The number of rotatable bonds is 9. The van der Waals surface area contributed by atoms with Crippen LogP contribution < -0.4 is 10.3 Å². The van der Waals surface area contributed by atoms with Crippen molar-refractivity contribution in [1.82, 2.24) is 9.55 Å². The first-order valence-electron chi connectivity index (χ1n) is 11.1. The molecule has 0 atom stereocenters. The van der Waals surface area contributed by atoms with Crippen LogP contribution in [0, 0.1) is 5.82 Å². The van der Waals surface area contributed by atoms with Crippen molar-refractivity contribution in [3.8, 4) is 5.75 Å². The van der Waals surface area contributed by atoms with E-state index in [1.807, 2.05) is 54.6 Å². The van der Waals surface area contributed by atoms with Crippen LogP contribution in [0.2, 0.25) is 0 Å². The van der Waals surface area contributed by atoms with Gasteiger partial charge >= 0.3 is 5.97 Å². The minimum atomic E-state index is -0.503. The molecule has 4 aromatic rings. The van der Waals surface area contributed by atoms with E-state index in [0.717, 1.165) is 11.1 Å². The summed E-state index contributed by atoms with van der Waals surface area (Å²) in [6, 6.07) is 21.4. The van der Waals surface area contributed by atoms with E-state index in [4.69, 9.17) is 9.47 Å². The maximum absolute atomic E-state index is 13.5. The first kappa shape index (κ1) is 23.2. The average molecular weight is 461 g/mol. The van der Waals surface area contributed by atoms with Crippen LogP contribution >= 0.6 is 0 Å². The number of hydrogen-bond donors (Lipinski definition) is 0. The number of ether oxygens (including phenoxy) is 2. The minimum Gasteiger partial charge on any atom is -0.496 e. The monoisotopic (exact) mass is 460 g/mol. The fourth-order valence-corrected chi connectivity index (χ4v) is 3.83. The number of carbonyl (C=O) groups excluding carboxylic acids is 1. The Morgan fingerprint density at radius 2 is 1.76 bits per heavy atom. The molecular weight excluding hydrogens is 435 g/mol. The quantitative estimate of drug-likeness (QED) is 0.345. The third-order valence-corrected chi connectivity index (χ3v) is 5.58. The normalized spacial score (nSPS) is 10.9. The number of nitrogens with zero attached hydrogens (tertiary/aromatic N) is 2. The summed E-state index contributed by atoms with van der Waals surface area (Å²) in [5.41, 5.74) is 3.12. The Morgan fingerprint density at radius 3 is 2.56 bits per heavy atom. The van der Waals surface area contributed by atoms with Crippen molar-refractivity contribution in [2.24, 2.45) is 0 Å². The van der Waals surface area contributed by atoms with E-state index in [2.05, 4.69) is 4.98 Å². The van der Waals surface area contributed by atoms with Crippen LogP contribution in [-0.4, -0.2) is 22.6 Å². The molecule has 0 spiro atoms. The van der Waals surface area contributed by atoms with Gasteiger partial charge < -0.3 is 14.0 Å². The number of methoxy groups -OCH3 is 1. The smallest absolute Gasteiger partial charge is 0.306 e. The summed E-state index contributed by atoms with van der Waals surface area (Å²) in [4.78, 5) is 30.1. The van der Waals surface area contributed by atoms with Crippen LogP contribution in [0.1, 0.15) is 23.2 Å². The molecule has 0 fully saturated rings. The van der Waals surface area contributed by atoms with Gasteiger partial charge in [0.05, 0.1) is 24.6 Å². The van der Waals surface area contributed by atoms with E-state index in [0.29, 0.717) is 35.5 Å². The summed E-state index contributed by atoms with van der Waals surface area (Å²) in [5.74, 6) is -0.508. The van der Waals surface area contributed by atoms with Gasteiger partial charge in [0.15, 0.2) is 0 Å². The summed E-state index contributed by atoms with van der Waals surface area (Å²) >= 11 is 0. The molecule has 0 amide bonds. The standard InChI is InChI=1S/C27H25FN2O4/c1-33-25-13-11-21(28)17-20(25)18-34-26(31)14-12-23-27(32)30(16-15-19-7-3-2-4-8-19)24-10-6-5-9-22(24)29-23/h2-11,13,17H,12,14-16,18H2,1H3. The van der Waals surface area contributed by atoms with Crippen LogP contribution in [0.25, 0.3) is 11.0 Å². The largest absolute Gasteiger partial charge is 0.496 e. The van der Waals surface area contributed by atoms with Crippen LogP contribution in [0.5, 0.6) is 5.75 Å². The number of para-hydroxylation sites is 2. The van der Waals surface area contributed by atoms with Crippen molar-refractivity contribution in [1.29, 1.82) is 0 Å². The Bertz CT molecular complexity index is 1350. The maximum Gasteiger partial charge on any atom is 0.306 e. The zero-order valence-electron chi connectivity index (χ0n) is 18.9. The second kappa shape index (κ2) is 10.7. The molecule has 0 aliphatic rings. The van der Waals surface area contributed by atoms with Crippen molar-refractivity contribution >= 4 is 17.0 Å². The lowest BCUT2D eigenvalue weighted by Gasteiger charge is -2.13. The van der Waals surface area contributed by atoms with Gasteiger partial charge in [-0.3, -0.25) is 9.59 Å². The highest BCUT2D eigenvalue weighted by atomic mass is 19.1. The van der Waals surface area contributed by atoms with Crippen molar-refractivity contribution in [3.05, 3.63) is 106 Å². The first-order chi connectivity index (χ1) is 16.5. The van der Waals surface area contributed by atoms with Gasteiger partial charge in [0.1, 0.15) is 23.9 Å². The topological polar surface area (TPSA) is 70.4 Å². The van der Waals surface area contributed by atoms with Gasteiger partial charge in [-0.2, -0.15) is 0 Å². The predicted molar refractivity (Wildman–Crippen MR) is 127 cm³/mol. The van der Waals surface area contributed by atoms with E-state index in [1.54, 1.807) is 4.57 Å². The summed E-state index contributed by atoms with van der Waals surface area (Å²) < 4.78 is 25.7. The van der Waals surface area contributed by atoms with Gasteiger partial charge in [-0.25, -0.2) is 9.37 Å². The Hall–Kier alpha value is -4.00. The SMILES string of the molecule is COc1ccc(F)cc1COC(=O)CCc1nc2ccccc2n(CCc2ccccc2)c1=O. The minimum absolute atomic E-state index is 0.0170. The second-order valence-corrected chi connectivity index (χ2v) is 7.86. The number of esters is 1. The van der Waals surface area contributed by atoms with Gasteiger partial charge in [0.2, 0.25) is 0 Å². The molecule has 34 heavy (non-hydrogen) atoms. The fourth-order valence-electron chi connectivity index (χ4n) is 3.83. The van der Waals surface area contributed by atoms with Gasteiger partial charge in [-0.1, -0.05) is 42.5 Å². The highest BCUT2D eigenvalue weighted by molar-refractivity contribution is 5.75. The fraction of sp³-hybridized carbons (Fsp3) is 0.222. The van der Waals surface area contributed by atoms with Gasteiger partial charge in [0.25, 0.3) is 5.56 Å². The third kappa shape index (κ3) is 5.49. The van der Waals surface area contributed by atoms with Crippen LogP contribution in [0.3, 0.4) is 0 Å². The molecule has 1 aromatic heterocycles. The molecule has 7 heteroatoms.